The van der Waals surface area contributed by atoms with Crippen LogP contribution in [0.3, 0.4) is 0 Å². The van der Waals surface area contributed by atoms with Crippen molar-refractivity contribution in [3.63, 3.8) is 0 Å². The van der Waals surface area contributed by atoms with E-state index in [4.69, 9.17) is 13.9 Å². The van der Waals surface area contributed by atoms with Crippen LogP contribution in [-0.2, 0) is 23.5 Å². The van der Waals surface area contributed by atoms with Crippen LogP contribution in [0, 0.1) is 22.7 Å². The lowest BCUT2D eigenvalue weighted by Crippen LogP contribution is -2.64. The molecular weight excluding hydrogens is 548 g/mol. The van der Waals surface area contributed by atoms with Crippen molar-refractivity contribution in [2.24, 2.45) is 22.7 Å². The molecule has 4 aliphatic rings. The van der Waals surface area contributed by atoms with Crippen LogP contribution >= 0.6 is 0 Å². The van der Waals surface area contributed by atoms with Crippen molar-refractivity contribution >= 4 is 26.0 Å². The first-order valence-corrected chi connectivity index (χ1v) is 18.7. The van der Waals surface area contributed by atoms with Crippen molar-refractivity contribution in [2.75, 3.05) is 6.61 Å². The Morgan fingerprint density at radius 2 is 1.76 bits per heavy atom. The van der Waals surface area contributed by atoms with Gasteiger partial charge in [-0.1, -0.05) is 45.9 Å². The molecule has 1 aromatic rings. The van der Waals surface area contributed by atoms with Gasteiger partial charge >= 0.3 is 11.9 Å². The number of carbonyl (C=O) groups is 3. The van der Waals surface area contributed by atoms with E-state index in [9.17, 15) is 19.5 Å². The molecule has 0 bridgehead atoms. The van der Waals surface area contributed by atoms with Crippen molar-refractivity contribution in [3.8, 4) is 0 Å². The number of fused-ring (bicyclic) bond motifs is 5. The second-order valence-electron chi connectivity index (χ2n) is 14.7. The number of allylic oxidation sites excluding steroid dienone is 1. The average Bonchev–Trinajstić information content (AvgIpc) is 3.18. The predicted molar refractivity (Wildman–Crippen MR) is 162 cm³/mol. The van der Waals surface area contributed by atoms with Gasteiger partial charge in [-0.2, -0.15) is 0 Å². The van der Waals surface area contributed by atoms with E-state index in [0.717, 1.165) is 18.6 Å². The molecule has 1 aromatic carbocycles. The van der Waals surface area contributed by atoms with Crippen LogP contribution in [-0.4, -0.2) is 49.5 Å². The number of ether oxygens (including phenoxy) is 2. The van der Waals surface area contributed by atoms with Gasteiger partial charge in [0.25, 0.3) is 0 Å². The van der Waals surface area contributed by atoms with Gasteiger partial charge in [-0.15, -0.1) is 0 Å². The van der Waals surface area contributed by atoms with Gasteiger partial charge in [-0.25, -0.2) is 4.79 Å². The van der Waals surface area contributed by atoms with E-state index in [1.807, 2.05) is 13.0 Å². The first-order chi connectivity index (χ1) is 19.6. The van der Waals surface area contributed by atoms with Crippen LogP contribution in [0.1, 0.15) is 96.3 Å². The van der Waals surface area contributed by atoms with Gasteiger partial charge in [0.15, 0.2) is 5.78 Å². The highest BCUT2D eigenvalue weighted by atomic mass is 28.4. The summed E-state index contributed by atoms with van der Waals surface area (Å²) >= 11 is 0. The molecule has 4 aliphatic carbocycles. The quantitative estimate of drug-likeness (QED) is 0.220. The normalized spacial score (nSPS) is 34.7. The van der Waals surface area contributed by atoms with Crippen LogP contribution in [0.5, 0.6) is 0 Å². The van der Waals surface area contributed by atoms with Crippen molar-refractivity contribution in [1.82, 2.24) is 0 Å². The fourth-order valence-electron chi connectivity index (χ4n) is 8.22. The molecule has 0 aromatic heterocycles. The zero-order valence-electron chi connectivity index (χ0n) is 26.4. The minimum atomic E-state index is -2.35. The third kappa shape index (κ3) is 4.50. The molecule has 1 N–H and O–H groups in total. The maximum atomic E-state index is 14.0. The van der Waals surface area contributed by atoms with Crippen molar-refractivity contribution in [1.29, 1.82) is 0 Å². The lowest BCUT2D eigenvalue weighted by Gasteiger charge is -2.59. The fourth-order valence-corrected chi connectivity index (χ4v) is 9.33. The highest BCUT2D eigenvalue weighted by Gasteiger charge is 2.72. The largest absolute Gasteiger partial charge is 0.546 e. The zero-order chi connectivity index (χ0) is 30.7. The Kier molecular flexibility index (Phi) is 7.83. The molecule has 0 heterocycles. The van der Waals surface area contributed by atoms with Gasteiger partial charge in [-0.05, 0) is 81.6 Å². The van der Waals surface area contributed by atoms with Gasteiger partial charge < -0.3 is 19.0 Å². The minimum Gasteiger partial charge on any atom is -0.546 e. The molecule has 230 valence electrons. The van der Waals surface area contributed by atoms with Crippen molar-refractivity contribution in [2.45, 2.75) is 116 Å². The Hall–Kier alpha value is -2.45. The molecule has 0 saturated heterocycles. The first-order valence-electron chi connectivity index (χ1n) is 15.7. The number of aliphatic hydroxyl groups is 1. The smallest absolute Gasteiger partial charge is 0.338 e. The van der Waals surface area contributed by atoms with Gasteiger partial charge in [0.05, 0.1) is 23.5 Å². The molecule has 5 rings (SSSR count). The first kappa shape index (κ1) is 31.0. The number of hydrogen-bond acceptors (Lipinski definition) is 7. The van der Waals surface area contributed by atoms with E-state index >= 15 is 0 Å². The molecule has 0 aliphatic heterocycles. The summed E-state index contributed by atoms with van der Waals surface area (Å²) in [4.78, 5) is 41.1. The standard InChI is InChI=1S/C34H48O7Si/c1-8-39-30(37)34-23(15-12-16-26(34)35)21-25(41-42(6,7)31(2,3)4)28-24(34)17-19-32(5)27(18-20-33(28,32)38)40-29(36)22-13-10-9-11-14-22/h9-11,13-14,23-24,27,38H,8,12,15-21H2,1-7H3/t23-,24-,27-,32+,33-,34+/m0/s1. The molecule has 6 atom stereocenters. The number of hydrogen-bond donors (Lipinski definition) is 1. The van der Waals surface area contributed by atoms with Crippen molar-refractivity contribution < 1.29 is 33.4 Å². The van der Waals surface area contributed by atoms with Gasteiger partial charge in [0.1, 0.15) is 11.5 Å². The summed E-state index contributed by atoms with van der Waals surface area (Å²) < 4.78 is 18.9. The lowest BCUT2D eigenvalue weighted by atomic mass is 9.46. The van der Waals surface area contributed by atoms with Crippen LogP contribution < -0.4 is 0 Å². The fraction of sp³-hybridized carbons (Fsp3) is 0.676. The maximum absolute atomic E-state index is 14.0. The lowest BCUT2D eigenvalue weighted by molar-refractivity contribution is -0.179. The van der Waals surface area contributed by atoms with E-state index < -0.39 is 48.7 Å². The molecule has 7 nitrogen and oxygen atoms in total. The number of rotatable bonds is 6. The number of benzene rings is 1. The third-order valence-corrected chi connectivity index (χ3v) is 15.9. The third-order valence-electron chi connectivity index (χ3n) is 11.6. The van der Waals surface area contributed by atoms with Crippen LogP contribution in [0.15, 0.2) is 41.7 Å². The molecule has 0 amide bonds. The van der Waals surface area contributed by atoms with Gasteiger partial charge in [0, 0.05) is 29.7 Å². The molecule has 0 spiro atoms. The number of carbonyl (C=O) groups excluding carboxylic acids is 3. The van der Waals surface area contributed by atoms with Crippen molar-refractivity contribution in [3.05, 3.63) is 47.2 Å². The summed E-state index contributed by atoms with van der Waals surface area (Å²) in [7, 11) is -2.35. The molecule has 0 unspecified atom stereocenters. The summed E-state index contributed by atoms with van der Waals surface area (Å²) in [6, 6.07) is 8.92. The minimum absolute atomic E-state index is 0.0664. The summed E-state index contributed by atoms with van der Waals surface area (Å²) in [5.74, 6) is -0.908. The predicted octanol–water partition coefficient (Wildman–Crippen LogP) is 6.75. The Labute approximate surface area is 251 Å². The number of Topliss-reactive ketones (excluding diaryl/α,β-unsaturated/α-hetero) is 1. The summed E-state index contributed by atoms with van der Waals surface area (Å²) in [5.41, 5.74) is -2.34. The second kappa shape index (κ2) is 10.6. The van der Waals surface area contributed by atoms with Gasteiger partial charge in [0.2, 0.25) is 8.32 Å². The van der Waals surface area contributed by atoms with Crippen LogP contribution in [0.2, 0.25) is 18.1 Å². The van der Waals surface area contributed by atoms with Crippen LogP contribution in [0.25, 0.3) is 0 Å². The highest BCUT2D eigenvalue weighted by Crippen LogP contribution is 2.68. The van der Waals surface area contributed by atoms with E-state index in [-0.39, 0.29) is 23.3 Å². The van der Waals surface area contributed by atoms with Gasteiger partial charge in [-0.3, -0.25) is 9.59 Å². The molecule has 0 radical (unpaired) electrons. The Morgan fingerprint density at radius 1 is 1.07 bits per heavy atom. The molecule has 3 saturated carbocycles. The zero-order valence-corrected chi connectivity index (χ0v) is 27.4. The molecule has 3 fully saturated rings. The van der Waals surface area contributed by atoms with E-state index in [1.165, 1.54) is 0 Å². The summed E-state index contributed by atoms with van der Waals surface area (Å²) in [5, 5.41) is 12.8. The summed E-state index contributed by atoms with van der Waals surface area (Å²) in [6.07, 6.45) is 3.60. The van der Waals surface area contributed by atoms with Crippen LogP contribution in [0.4, 0.5) is 0 Å². The maximum Gasteiger partial charge on any atom is 0.338 e. The highest BCUT2D eigenvalue weighted by molar-refractivity contribution is 6.74. The Bertz CT molecular complexity index is 1280. The monoisotopic (exact) mass is 596 g/mol. The van der Waals surface area contributed by atoms with E-state index in [1.54, 1.807) is 31.2 Å². The average molecular weight is 597 g/mol. The number of esters is 2. The topological polar surface area (TPSA) is 99.1 Å². The summed E-state index contributed by atoms with van der Waals surface area (Å²) in [6.45, 7) is 14.9. The molecule has 42 heavy (non-hydrogen) atoms. The Balaban J connectivity index is 1.64. The SMILES string of the molecule is CCOC(=O)[C@]12C(=O)CCC[C@H]1CC(O[Si](C)(C)C(C)(C)C)=C1[C@@H]2CC[C@]2(C)[C@@H](OC(=O)c3ccccc3)CC[C@]12O. The van der Waals surface area contributed by atoms with E-state index in [0.29, 0.717) is 49.7 Å². The second-order valence-corrected chi connectivity index (χ2v) is 19.4. The molecule has 8 heteroatoms. The number of ketones is 1. The Morgan fingerprint density at radius 3 is 2.40 bits per heavy atom. The molecular formula is C34H48O7Si. The van der Waals surface area contributed by atoms with E-state index in [2.05, 4.69) is 33.9 Å².